The van der Waals surface area contributed by atoms with Crippen LogP contribution >= 0.6 is 7.26 Å². The fourth-order valence-electron chi connectivity index (χ4n) is 1.20. The molecule has 0 heterocycles. The van der Waals surface area contributed by atoms with Gasteiger partial charge in [-0.2, -0.15) is 0 Å². The number of hydrogen-bond donors (Lipinski definition) is 0. The second kappa shape index (κ2) is 4.53. The molecule has 0 bridgehead atoms. The first-order valence-electron chi connectivity index (χ1n) is 5.00. The summed E-state index contributed by atoms with van der Waals surface area (Å²) in [6, 6.07) is 0. The first-order chi connectivity index (χ1) is 5.14. The van der Waals surface area contributed by atoms with Crippen LogP contribution < -0.4 is 0 Å². The molecule has 0 amide bonds. The molecule has 0 spiro atoms. The minimum Gasteiger partial charge on any atom is -0.0311 e. The summed E-state index contributed by atoms with van der Waals surface area (Å²) in [5.74, 6) is 0. The van der Waals surface area contributed by atoms with Gasteiger partial charge in [-0.05, 0) is 26.7 Å². The van der Waals surface area contributed by atoms with E-state index in [-0.39, 0.29) is 38.3 Å². The maximum absolute atomic E-state index is 8.08. The Balaban J connectivity index is 0.00000121. The average molecular weight is 236 g/mol. The minimum absolute atomic E-state index is 0. The van der Waals surface area contributed by atoms with Gasteiger partial charge < -0.3 is 0 Å². The molecule has 1 radical (unpaired) electrons. The van der Waals surface area contributed by atoms with Crippen molar-refractivity contribution in [3.8, 4) is 0 Å². The van der Waals surface area contributed by atoms with E-state index < -0.39 is 7.26 Å². The van der Waals surface area contributed by atoms with E-state index in [1.54, 1.807) is 0 Å². The van der Waals surface area contributed by atoms with Crippen LogP contribution in [-0.2, 0) is 32.7 Å². The minimum atomic E-state index is -1.18. The van der Waals surface area contributed by atoms with E-state index in [0.717, 1.165) is 25.2 Å². The van der Waals surface area contributed by atoms with Gasteiger partial charge in [0.05, 0.1) is 20.7 Å². The molecule has 0 nitrogen and oxygen atoms in total. The fraction of sp³-hybridized carbons (Fsp3) is 1.00. The molecular formula is C8H18PY+. The predicted molar refractivity (Wildman–Crippen MR) is 46.9 cm³/mol. The van der Waals surface area contributed by atoms with Gasteiger partial charge in [-0.25, -0.2) is 0 Å². The average Bonchev–Trinajstić information content (AvgIpc) is 2.74. The van der Waals surface area contributed by atoms with Crippen molar-refractivity contribution >= 4 is 7.26 Å². The molecular weight excluding hydrogens is 216 g/mol. The molecule has 0 atom stereocenters. The van der Waals surface area contributed by atoms with Crippen molar-refractivity contribution in [2.24, 2.45) is 0 Å². The Morgan fingerprint density at radius 3 is 2.10 bits per heavy atom. The van der Waals surface area contributed by atoms with E-state index in [0.29, 0.717) is 6.64 Å². The van der Waals surface area contributed by atoms with Crippen molar-refractivity contribution in [3.05, 3.63) is 0 Å². The zero-order chi connectivity index (χ0) is 8.54. The molecule has 0 N–H and O–H groups in total. The third-order valence-electron chi connectivity index (χ3n) is 2.36. The molecule has 1 aliphatic carbocycles. The molecule has 10 heavy (non-hydrogen) atoms. The summed E-state index contributed by atoms with van der Waals surface area (Å²) in [7, 11) is -1.18. The monoisotopic (exact) mass is 236 g/mol. The van der Waals surface area contributed by atoms with E-state index >= 15 is 0 Å². The van der Waals surface area contributed by atoms with Crippen LogP contribution in [0.1, 0.15) is 29.4 Å². The van der Waals surface area contributed by atoms with Gasteiger partial charge in [-0.15, -0.1) is 0 Å². The fourth-order valence-corrected chi connectivity index (χ4v) is 3.60. The predicted octanol–water partition coefficient (Wildman–Crippen LogP) is 2.83. The first-order valence-corrected chi connectivity index (χ1v) is 6.14. The van der Waals surface area contributed by atoms with Crippen LogP contribution in [0, 0.1) is 0 Å². The topological polar surface area (TPSA) is 0 Å². The first kappa shape index (κ1) is 8.15. The van der Waals surface area contributed by atoms with Crippen molar-refractivity contribution < 1.29 is 35.5 Å². The summed E-state index contributed by atoms with van der Waals surface area (Å²) in [4.78, 5) is 0. The summed E-state index contributed by atoms with van der Waals surface area (Å²) in [5.41, 5.74) is -0.113. The summed E-state index contributed by atoms with van der Waals surface area (Å²) < 4.78 is 15.6. The van der Waals surface area contributed by atoms with Crippen LogP contribution in [0.15, 0.2) is 0 Å². The van der Waals surface area contributed by atoms with E-state index in [1.807, 2.05) is 0 Å². The molecule has 1 aliphatic rings. The second-order valence-corrected chi connectivity index (χ2v) is 7.03. The molecule has 0 aromatic rings. The molecule has 1 fully saturated rings. The van der Waals surface area contributed by atoms with Gasteiger partial charge in [-0.3, -0.25) is 0 Å². The third kappa shape index (κ3) is 2.54. The molecule has 0 saturated heterocycles. The Bertz CT molecular complexity index is 136. The van der Waals surface area contributed by atoms with Gasteiger partial charge in [0.2, 0.25) is 0 Å². The Morgan fingerprint density at radius 1 is 1.50 bits per heavy atom. The normalized spacial score (nSPS) is 24.2. The van der Waals surface area contributed by atoms with E-state index in [4.69, 9.17) is 2.74 Å². The van der Waals surface area contributed by atoms with Gasteiger partial charge in [0.1, 0.15) is 0 Å². The largest absolute Gasteiger partial charge is 0.0745 e. The molecule has 0 aromatic carbocycles. The maximum atomic E-state index is 8.08. The Hall–Kier alpha value is 1.53. The zero-order valence-corrected chi connectivity index (χ0v) is 10.8. The zero-order valence-electron chi connectivity index (χ0n) is 9.06. The van der Waals surface area contributed by atoms with Crippen molar-refractivity contribution in [3.63, 3.8) is 0 Å². The van der Waals surface area contributed by atoms with E-state index in [2.05, 4.69) is 13.8 Å². The van der Waals surface area contributed by atoms with Crippen LogP contribution in [0.5, 0.6) is 0 Å². The summed E-state index contributed by atoms with van der Waals surface area (Å²) in [6.07, 6.45) is 4.36. The van der Waals surface area contributed by atoms with Gasteiger partial charge >= 0.3 is 0 Å². The molecule has 57 valence electrons. The van der Waals surface area contributed by atoms with Crippen LogP contribution in [-0.4, -0.2) is 24.6 Å². The molecule has 0 aromatic heterocycles. The Labute approximate surface area is 93.6 Å². The second-order valence-electron chi connectivity index (χ2n) is 2.84. The van der Waals surface area contributed by atoms with Gasteiger partial charge in [0.15, 0.2) is 0 Å². The summed E-state index contributed by atoms with van der Waals surface area (Å²) >= 11 is 0. The molecule has 1 saturated carbocycles. The molecule has 0 unspecified atom stereocenters. The summed E-state index contributed by atoms with van der Waals surface area (Å²) in [5, 5.41) is 0. The number of hydrogen-bond acceptors (Lipinski definition) is 0. The SMILES string of the molecule is [2H]C[P+](CC)(CC)C1([2H])CC1.[Y]. The van der Waals surface area contributed by atoms with Crippen LogP contribution in [0.2, 0.25) is 0 Å². The van der Waals surface area contributed by atoms with Crippen LogP contribution in [0.3, 0.4) is 0 Å². The van der Waals surface area contributed by atoms with E-state index in [1.165, 1.54) is 0 Å². The molecule has 0 aliphatic heterocycles. The Morgan fingerprint density at radius 2 is 2.00 bits per heavy atom. The smallest absolute Gasteiger partial charge is 0.0311 e. The third-order valence-corrected chi connectivity index (χ3v) is 6.57. The van der Waals surface area contributed by atoms with Crippen molar-refractivity contribution in [1.82, 2.24) is 0 Å². The Kier molecular flexibility index (Phi) is 3.69. The van der Waals surface area contributed by atoms with Crippen molar-refractivity contribution in [1.29, 1.82) is 0 Å². The summed E-state index contributed by atoms with van der Waals surface area (Å²) in [6.45, 7) is 4.88. The van der Waals surface area contributed by atoms with Crippen LogP contribution in [0.25, 0.3) is 0 Å². The van der Waals surface area contributed by atoms with E-state index in [9.17, 15) is 0 Å². The van der Waals surface area contributed by atoms with Gasteiger partial charge in [0, 0.05) is 46.6 Å². The maximum Gasteiger partial charge on any atom is 0.0745 e. The standard InChI is InChI=1S/C8H18P.Y/c1-4-9(3,5-2)8-6-7-8;/h8H,4-7H2,1-3H3;/q+1;/i3D,8D;. The van der Waals surface area contributed by atoms with Crippen LogP contribution in [0.4, 0.5) is 0 Å². The molecule has 2 heteroatoms. The number of rotatable bonds is 3. The van der Waals surface area contributed by atoms with Crippen molar-refractivity contribution in [2.75, 3.05) is 19.0 Å². The van der Waals surface area contributed by atoms with Gasteiger partial charge in [-0.1, -0.05) is 0 Å². The molecule has 1 rings (SSSR count). The quantitative estimate of drug-likeness (QED) is 0.661. The van der Waals surface area contributed by atoms with Crippen molar-refractivity contribution in [2.45, 2.75) is 32.3 Å². The van der Waals surface area contributed by atoms with Gasteiger partial charge in [0.25, 0.3) is 0 Å².